The summed E-state index contributed by atoms with van der Waals surface area (Å²) >= 11 is 0. The molecule has 0 aromatic heterocycles. The highest BCUT2D eigenvalue weighted by Gasteiger charge is 2.13. The molecule has 0 heterocycles. The third kappa shape index (κ3) is 5.48. The summed E-state index contributed by atoms with van der Waals surface area (Å²) in [7, 11) is 7.93. The monoisotopic (exact) mass is 448 g/mol. The summed E-state index contributed by atoms with van der Waals surface area (Å²) in [4.78, 5) is 4.02. The van der Waals surface area contributed by atoms with Gasteiger partial charge in [0.2, 0.25) is 0 Å². The minimum atomic E-state index is 0.755. The third-order valence-corrected chi connectivity index (χ3v) is 6.16. The number of hydrogen-bond donors (Lipinski definition) is 0. The number of benzene rings is 2. The Morgan fingerprint density at radius 2 is 1.32 bits per heavy atom. The van der Waals surface area contributed by atoms with E-state index in [-0.39, 0.29) is 0 Å². The molecule has 0 saturated heterocycles. The maximum Gasteiger partial charge on any atom is 0.0998 e. The molecule has 0 atom stereocenters. The van der Waals surface area contributed by atoms with Crippen LogP contribution in [0.4, 0.5) is 11.4 Å². The molecule has 0 N–H and O–H groups in total. The van der Waals surface area contributed by atoms with Crippen molar-refractivity contribution in [2.24, 2.45) is 0 Å². The van der Waals surface area contributed by atoms with Gasteiger partial charge in [-0.3, -0.25) is 0 Å². The molecule has 0 radical (unpaired) electrons. The van der Waals surface area contributed by atoms with Crippen LogP contribution in [0.2, 0.25) is 0 Å². The van der Waals surface area contributed by atoms with E-state index in [0.29, 0.717) is 0 Å². The van der Waals surface area contributed by atoms with Crippen molar-refractivity contribution in [3.63, 3.8) is 0 Å². The number of nitriles is 2. The Kier molecular flexibility index (Phi) is 7.77. The van der Waals surface area contributed by atoms with Crippen LogP contribution in [0.25, 0.3) is 11.1 Å². The van der Waals surface area contributed by atoms with E-state index in [9.17, 15) is 10.5 Å². The Morgan fingerprint density at radius 3 is 1.76 bits per heavy atom. The maximum absolute atomic E-state index is 9.26. The first-order valence-corrected chi connectivity index (χ1v) is 11.4. The van der Waals surface area contributed by atoms with Gasteiger partial charge in [0.1, 0.15) is 0 Å². The quantitative estimate of drug-likeness (QED) is 0.521. The zero-order valence-corrected chi connectivity index (χ0v) is 21.0. The number of hydrogen-bond acceptors (Lipinski definition) is 4. The molecule has 4 heteroatoms. The molecular formula is C30H32N4. The van der Waals surface area contributed by atoms with E-state index in [4.69, 9.17) is 0 Å². The van der Waals surface area contributed by atoms with Crippen LogP contribution in [-0.4, -0.2) is 28.2 Å². The van der Waals surface area contributed by atoms with Crippen molar-refractivity contribution in [2.75, 3.05) is 38.0 Å². The molecular weight excluding hydrogens is 416 g/mol. The molecule has 0 saturated carbocycles. The van der Waals surface area contributed by atoms with Gasteiger partial charge >= 0.3 is 0 Å². The molecule has 172 valence electrons. The molecule has 2 aromatic carbocycles. The predicted octanol–water partition coefficient (Wildman–Crippen LogP) is 6.72. The summed E-state index contributed by atoms with van der Waals surface area (Å²) in [5.41, 5.74) is 10.8. The fraction of sp³-hybridized carbons (Fsp3) is 0.267. The van der Waals surface area contributed by atoms with Gasteiger partial charge in [-0.1, -0.05) is 42.0 Å². The summed E-state index contributed by atoms with van der Waals surface area (Å²) in [6, 6.07) is 16.7. The first-order valence-electron chi connectivity index (χ1n) is 11.4. The second-order valence-corrected chi connectivity index (χ2v) is 9.06. The summed E-state index contributed by atoms with van der Waals surface area (Å²) in [5, 5.41) is 18.5. The zero-order chi connectivity index (χ0) is 24.8. The minimum Gasteiger partial charge on any atom is -0.378 e. The first kappa shape index (κ1) is 24.6. The topological polar surface area (TPSA) is 54.1 Å². The molecule has 0 fully saturated rings. The van der Waals surface area contributed by atoms with Crippen molar-refractivity contribution in [2.45, 2.75) is 26.7 Å². The van der Waals surface area contributed by atoms with Crippen LogP contribution in [0.15, 0.2) is 71.8 Å². The second-order valence-electron chi connectivity index (χ2n) is 9.06. The number of anilines is 2. The van der Waals surface area contributed by atoms with E-state index < -0.39 is 0 Å². The van der Waals surface area contributed by atoms with Crippen LogP contribution in [0.5, 0.6) is 0 Å². The van der Waals surface area contributed by atoms with Crippen LogP contribution < -0.4 is 9.80 Å². The van der Waals surface area contributed by atoms with Crippen molar-refractivity contribution in [3.05, 3.63) is 94.1 Å². The summed E-state index contributed by atoms with van der Waals surface area (Å²) in [6.07, 6.45) is 10.5. The highest BCUT2D eigenvalue weighted by atomic mass is 15.1. The van der Waals surface area contributed by atoms with Gasteiger partial charge in [0.15, 0.2) is 0 Å². The van der Waals surface area contributed by atoms with E-state index in [1.165, 1.54) is 22.3 Å². The van der Waals surface area contributed by atoms with Gasteiger partial charge in [-0.25, -0.2) is 0 Å². The molecule has 34 heavy (non-hydrogen) atoms. The fourth-order valence-electron chi connectivity index (χ4n) is 4.14. The lowest BCUT2D eigenvalue weighted by Gasteiger charge is -2.15. The maximum atomic E-state index is 9.26. The van der Waals surface area contributed by atoms with Gasteiger partial charge in [0, 0.05) is 39.6 Å². The molecule has 0 amide bonds. The molecule has 0 spiro atoms. The van der Waals surface area contributed by atoms with Crippen molar-refractivity contribution in [1.82, 2.24) is 0 Å². The van der Waals surface area contributed by atoms with Crippen LogP contribution >= 0.6 is 0 Å². The highest BCUT2D eigenvalue weighted by molar-refractivity contribution is 5.79. The summed E-state index contributed by atoms with van der Waals surface area (Å²) in [6.45, 7) is 4.19. The Balaban J connectivity index is 0.000000191. The van der Waals surface area contributed by atoms with Crippen LogP contribution in [0.1, 0.15) is 48.9 Å². The zero-order valence-electron chi connectivity index (χ0n) is 21.0. The average molecular weight is 449 g/mol. The second kappa shape index (κ2) is 10.7. The smallest absolute Gasteiger partial charge is 0.0998 e. The Hall–Kier alpha value is -4.02. The van der Waals surface area contributed by atoms with Crippen molar-refractivity contribution >= 4 is 22.5 Å². The lowest BCUT2D eigenvalue weighted by molar-refractivity contribution is 1.13. The van der Waals surface area contributed by atoms with Crippen molar-refractivity contribution < 1.29 is 0 Å². The summed E-state index contributed by atoms with van der Waals surface area (Å²) in [5.74, 6) is 0. The van der Waals surface area contributed by atoms with E-state index >= 15 is 0 Å². The van der Waals surface area contributed by atoms with Gasteiger partial charge in [-0.15, -0.1) is 0 Å². The van der Waals surface area contributed by atoms with Gasteiger partial charge in [-0.05, 0) is 78.8 Å². The molecule has 2 aliphatic rings. The molecule has 0 aliphatic heterocycles. The van der Waals surface area contributed by atoms with Gasteiger partial charge in [0.05, 0.1) is 23.3 Å². The van der Waals surface area contributed by atoms with Crippen molar-refractivity contribution in [3.8, 4) is 12.1 Å². The Morgan fingerprint density at radius 1 is 0.765 bits per heavy atom. The fourth-order valence-corrected chi connectivity index (χ4v) is 4.14. The van der Waals surface area contributed by atoms with Crippen LogP contribution in [0, 0.1) is 22.7 Å². The van der Waals surface area contributed by atoms with Gasteiger partial charge in [0.25, 0.3) is 0 Å². The van der Waals surface area contributed by atoms with E-state index in [0.717, 1.165) is 46.5 Å². The molecule has 0 unspecified atom stereocenters. The van der Waals surface area contributed by atoms with Crippen LogP contribution in [-0.2, 0) is 0 Å². The third-order valence-electron chi connectivity index (χ3n) is 6.16. The normalized spacial score (nSPS) is 14.0. The molecule has 2 aliphatic carbocycles. The molecule has 2 aromatic rings. The largest absolute Gasteiger partial charge is 0.378 e. The molecule has 4 rings (SSSR count). The minimum absolute atomic E-state index is 0.755. The van der Waals surface area contributed by atoms with E-state index in [2.05, 4.69) is 68.5 Å². The Labute approximate surface area is 204 Å². The van der Waals surface area contributed by atoms with Gasteiger partial charge in [-0.2, -0.15) is 10.5 Å². The number of allylic oxidation sites excluding steroid dienone is 8. The Bertz CT molecular complexity index is 1290. The number of rotatable bonds is 4. The lowest BCUT2D eigenvalue weighted by Crippen LogP contribution is -2.09. The van der Waals surface area contributed by atoms with E-state index in [1.54, 1.807) is 0 Å². The van der Waals surface area contributed by atoms with E-state index in [1.807, 2.05) is 56.2 Å². The van der Waals surface area contributed by atoms with Crippen molar-refractivity contribution in [1.29, 1.82) is 10.5 Å². The average Bonchev–Trinajstić information content (AvgIpc) is 3.46. The first-order chi connectivity index (χ1) is 16.2. The predicted molar refractivity (Wildman–Crippen MR) is 144 cm³/mol. The van der Waals surface area contributed by atoms with Gasteiger partial charge < -0.3 is 9.80 Å². The number of nitrogens with zero attached hydrogens (tertiary/aromatic N) is 4. The SMILES string of the molecule is CC1=C(c2ccc(N(C)C)cc2C#N)CC=C1.CC1=CCC(c2ccc(N(C)C)cc2C#N)=C1. The molecule has 4 nitrogen and oxygen atoms in total. The standard InChI is InChI=1S/2C15H16N2/c1-11-4-5-12(8-11)15-7-6-14(17(2)3)9-13(15)10-16;1-11-5-4-6-14(11)15-8-7-13(17(2)3)9-12(15)10-16/h4,6-9H,5H2,1-3H3;4-5,7-9H,6H2,1-3H3. The highest BCUT2D eigenvalue weighted by Crippen LogP contribution is 2.32. The molecule has 0 bridgehead atoms. The van der Waals surface area contributed by atoms with Crippen LogP contribution in [0.3, 0.4) is 0 Å². The summed E-state index contributed by atoms with van der Waals surface area (Å²) < 4.78 is 0. The lowest BCUT2D eigenvalue weighted by atomic mass is 9.96.